The third-order valence-corrected chi connectivity index (χ3v) is 7.25. The summed E-state index contributed by atoms with van der Waals surface area (Å²) in [6.07, 6.45) is 1.66. The summed E-state index contributed by atoms with van der Waals surface area (Å²) in [5, 5.41) is 3.10. The largest absolute Gasteiger partial charge is 0.370 e. The second kappa shape index (κ2) is 11.3. The first-order valence-electron chi connectivity index (χ1n) is 8.00. The Balaban J connectivity index is 0.00000529. The quantitative estimate of drug-likeness (QED) is 0.318. The molecule has 1 aromatic heterocycles. The predicted octanol–water partition coefficient (Wildman–Crippen LogP) is 2.64. The van der Waals surface area contributed by atoms with Crippen molar-refractivity contribution in [2.24, 2.45) is 10.7 Å². The van der Waals surface area contributed by atoms with Crippen LogP contribution >= 0.6 is 35.3 Å². The van der Waals surface area contributed by atoms with E-state index in [9.17, 15) is 8.42 Å². The van der Waals surface area contributed by atoms with Gasteiger partial charge in [-0.15, -0.1) is 35.3 Å². The van der Waals surface area contributed by atoms with Crippen molar-refractivity contribution in [1.82, 2.24) is 9.62 Å². The van der Waals surface area contributed by atoms with Crippen LogP contribution < -0.4 is 11.1 Å². The Morgan fingerprint density at radius 3 is 2.50 bits per heavy atom. The molecule has 0 bridgehead atoms. The molecule has 0 aliphatic rings. The second-order valence-electron chi connectivity index (χ2n) is 5.28. The number of halogens is 1. The number of sulfonamides is 1. The van der Waals surface area contributed by atoms with Gasteiger partial charge in [-0.3, -0.25) is 4.99 Å². The average Bonchev–Trinajstić information content (AvgIpc) is 2.97. The Kier molecular flexibility index (Phi) is 11.1. The molecule has 140 valence electrons. The van der Waals surface area contributed by atoms with E-state index in [1.807, 2.05) is 26.8 Å². The highest BCUT2D eigenvalue weighted by atomic mass is 127. The van der Waals surface area contributed by atoms with Crippen molar-refractivity contribution >= 4 is 51.3 Å². The Bertz CT molecular complexity index is 613. The van der Waals surface area contributed by atoms with E-state index in [-0.39, 0.29) is 24.0 Å². The van der Waals surface area contributed by atoms with Gasteiger partial charge >= 0.3 is 0 Å². The number of nitrogens with two attached hydrogens (primary N) is 1. The number of nitrogens with zero attached hydrogens (tertiary/aromatic N) is 2. The lowest BCUT2D eigenvalue weighted by molar-refractivity contribution is 0.447. The van der Waals surface area contributed by atoms with Crippen molar-refractivity contribution in [2.45, 2.75) is 50.8 Å². The van der Waals surface area contributed by atoms with Gasteiger partial charge in [-0.1, -0.05) is 20.8 Å². The number of aliphatic imine (C=N–C) groups is 1. The van der Waals surface area contributed by atoms with Crippen LogP contribution in [-0.2, 0) is 16.4 Å². The number of nitrogens with one attached hydrogen (secondary N) is 1. The summed E-state index contributed by atoms with van der Waals surface area (Å²) in [5.41, 5.74) is 5.80. The molecule has 1 aromatic rings. The molecule has 1 heterocycles. The lowest BCUT2D eigenvalue weighted by atomic mass is 10.3. The van der Waals surface area contributed by atoms with Gasteiger partial charge in [0.15, 0.2) is 5.96 Å². The molecule has 0 fully saturated rings. The van der Waals surface area contributed by atoms with Crippen LogP contribution in [0.4, 0.5) is 0 Å². The Morgan fingerprint density at radius 2 is 1.96 bits per heavy atom. The van der Waals surface area contributed by atoms with Gasteiger partial charge in [0.05, 0.1) is 0 Å². The van der Waals surface area contributed by atoms with Crippen molar-refractivity contribution in [3.8, 4) is 0 Å². The summed E-state index contributed by atoms with van der Waals surface area (Å²) in [7, 11) is -3.36. The van der Waals surface area contributed by atoms with Gasteiger partial charge in [-0.05, 0) is 25.5 Å². The molecule has 0 amide bonds. The van der Waals surface area contributed by atoms with Crippen LogP contribution in [0.15, 0.2) is 21.3 Å². The van der Waals surface area contributed by atoms with E-state index >= 15 is 0 Å². The Morgan fingerprint density at radius 1 is 1.33 bits per heavy atom. The zero-order valence-corrected chi connectivity index (χ0v) is 18.7. The van der Waals surface area contributed by atoms with Gasteiger partial charge < -0.3 is 11.1 Å². The van der Waals surface area contributed by atoms with Crippen molar-refractivity contribution < 1.29 is 8.42 Å². The SMILES string of the molecule is CCC(C)NC(N)=NCCc1ccc(S(=O)(=O)N(CC)CC)s1.I. The number of hydrogen-bond donors (Lipinski definition) is 2. The smallest absolute Gasteiger partial charge is 0.252 e. The lowest BCUT2D eigenvalue weighted by Gasteiger charge is -2.16. The average molecular weight is 488 g/mol. The molecule has 1 rings (SSSR count). The van der Waals surface area contributed by atoms with Crippen LogP contribution in [0.2, 0.25) is 0 Å². The van der Waals surface area contributed by atoms with Crippen LogP contribution in [0.25, 0.3) is 0 Å². The van der Waals surface area contributed by atoms with E-state index in [0.29, 0.717) is 42.3 Å². The van der Waals surface area contributed by atoms with Gasteiger partial charge in [0.2, 0.25) is 0 Å². The monoisotopic (exact) mass is 488 g/mol. The topological polar surface area (TPSA) is 87.8 Å². The maximum absolute atomic E-state index is 12.4. The minimum atomic E-state index is -3.36. The summed E-state index contributed by atoms with van der Waals surface area (Å²) < 4.78 is 26.7. The number of guanidine groups is 1. The summed E-state index contributed by atoms with van der Waals surface area (Å²) in [5.74, 6) is 0.437. The highest BCUT2D eigenvalue weighted by Gasteiger charge is 2.23. The minimum Gasteiger partial charge on any atom is -0.370 e. The first-order chi connectivity index (χ1) is 10.8. The Hall–Kier alpha value is -0.390. The number of rotatable bonds is 9. The molecule has 1 unspecified atom stereocenters. The van der Waals surface area contributed by atoms with Crippen LogP contribution in [0.5, 0.6) is 0 Å². The molecular formula is C15H29IN4O2S2. The Labute approximate surface area is 167 Å². The van der Waals surface area contributed by atoms with Gasteiger partial charge in [0, 0.05) is 37.0 Å². The lowest BCUT2D eigenvalue weighted by Crippen LogP contribution is -2.38. The minimum absolute atomic E-state index is 0. The van der Waals surface area contributed by atoms with Crippen molar-refractivity contribution in [3.63, 3.8) is 0 Å². The first kappa shape index (κ1) is 23.6. The van der Waals surface area contributed by atoms with Gasteiger partial charge in [0.1, 0.15) is 4.21 Å². The molecule has 0 aromatic carbocycles. The van der Waals surface area contributed by atoms with Crippen LogP contribution in [0, 0.1) is 0 Å². The second-order valence-corrected chi connectivity index (χ2v) is 8.61. The van der Waals surface area contributed by atoms with Crippen LogP contribution in [0.1, 0.15) is 39.0 Å². The molecule has 0 aliphatic heterocycles. The van der Waals surface area contributed by atoms with E-state index in [2.05, 4.69) is 17.2 Å². The third-order valence-electron chi connectivity index (χ3n) is 3.58. The van der Waals surface area contributed by atoms with Gasteiger partial charge in [-0.25, -0.2) is 8.42 Å². The normalized spacial score (nSPS) is 13.6. The first-order valence-corrected chi connectivity index (χ1v) is 10.3. The molecule has 0 aliphatic carbocycles. The van der Waals surface area contributed by atoms with Gasteiger partial charge in [-0.2, -0.15) is 4.31 Å². The number of hydrogen-bond acceptors (Lipinski definition) is 4. The molecule has 24 heavy (non-hydrogen) atoms. The van der Waals surface area contributed by atoms with Crippen LogP contribution in [-0.4, -0.2) is 44.4 Å². The van der Waals surface area contributed by atoms with Gasteiger partial charge in [0.25, 0.3) is 10.0 Å². The summed E-state index contributed by atoms with van der Waals surface area (Å²) in [6, 6.07) is 3.83. The van der Waals surface area contributed by atoms with Crippen LogP contribution in [0.3, 0.4) is 0 Å². The summed E-state index contributed by atoms with van der Waals surface area (Å²) in [6.45, 7) is 9.32. The predicted molar refractivity (Wildman–Crippen MR) is 113 cm³/mol. The molecule has 0 radical (unpaired) electrons. The van der Waals surface area contributed by atoms with E-state index in [0.717, 1.165) is 11.3 Å². The molecule has 0 saturated carbocycles. The fourth-order valence-corrected chi connectivity index (χ4v) is 4.97. The van der Waals surface area contributed by atoms with E-state index < -0.39 is 10.0 Å². The maximum Gasteiger partial charge on any atom is 0.252 e. The van der Waals surface area contributed by atoms with Crippen molar-refractivity contribution in [2.75, 3.05) is 19.6 Å². The molecule has 3 N–H and O–H groups in total. The highest BCUT2D eigenvalue weighted by Crippen LogP contribution is 2.25. The molecular weight excluding hydrogens is 459 g/mol. The molecule has 0 spiro atoms. The standard InChI is InChI=1S/C15H28N4O2S2.HI/c1-5-12(4)18-15(16)17-11-10-13-8-9-14(22-13)23(20,21)19(6-2)7-3;/h8-9,12H,5-7,10-11H2,1-4H3,(H3,16,17,18);1H. The number of thiophene rings is 1. The fourth-order valence-electron chi connectivity index (χ4n) is 2.01. The molecule has 6 nitrogen and oxygen atoms in total. The third kappa shape index (κ3) is 6.85. The van der Waals surface area contributed by atoms with E-state index in [1.165, 1.54) is 15.6 Å². The summed E-state index contributed by atoms with van der Waals surface area (Å²) in [4.78, 5) is 5.27. The van der Waals surface area contributed by atoms with E-state index in [4.69, 9.17) is 5.73 Å². The van der Waals surface area contributed by atoms with Crippen molar-refractivity contribution in [1.29, 1.82) is 0 Å². The highest BCUT2D eigenvalue weighted by molar-refractivity contribution is 14.0. The zero-order chi connectivity index (χ0) is 17.5. The fraction of sp³-hybridized carbons (Fsp3) is 0.667. The molecule has 9 heteroatoms. The van der Waals surface area contributed by atoms with Crippen molar-refractivity contribution in [3.05, 3.63) is 17.0 Å². The zero-order valence-electron chi connectivity index (χ0n) is 14.8. The molecule has 1 atom stereocenters. The molecule has 0 saturated heterocycles. The van der Waals surface area contributed by atoms with E-state index in [1.54, 1.807) is 6.07 Å². The maximum atomic E-state index is 12.4. The summed E-state index contributed by atoms with van der Waals surface area (Å²) >= 11 is 1.31.